The van der Waals surface area contributed by atoms with Crippen LogP contribution >= 0.6 is 12.4 Å². The molecule has 9 heavy (non-hydrogen) atoms. The molecule has 0 bridgehead atoms. The fraction of sp³-hybridized carbons (Fsp3) is 0.250. The number of rotatable bonds is 0. The Balaban J connectivity index is 0.000000640. The first kappa shape index (κ1) is 8.10. The number of halogens is 1. The third kappa shape index (κ3) is 1.81. The minimum atomic E-state index is -0.987. The molecule has 0 aromatic carbocycles. The fourth-order valence-electron chi connectivity index (χ4n) is 0.402. The van der Waals surface area contributed by atoms with Crippen molar-refractivity contribution in [3.8, 4) is 0 Å². The zero-order valence-corrected chi connectivity index (χ0v) is 5.30. The maximum absolute atomic E-state index is 10.00. The van der Waals surface area contributed by atoms with Gasteiger partial charge in [0.1, 0.15) is 6.26 Å². The molecular weight excluding hydrogens is 146 g/mol. The molecule has 0 fully saturated rings. The van der Waals surface area contributed by atoms with Crippen LogP contribution in [0.15, 0.2) is 12.5 Å². The summed E-state index contributed by atoms with van der Waals surface area (Å²) in [5, 5.41) is 8.21. The van der Waals surface area contributed by atoms with E-state index in [1.54, 1.807) is 0 Å². The molecule has 0 saturated carbocycles. The van der Waals surface area contributed by atoms with Crippen LogP contribution in [0.2, 0.25) is 0 Å². The SMILES string of the molecule is Cl.O=C(O)N1C=COC1. The Morgan fingerprint density at radius 2 is 2.44 bits per heavy atom. The summed E-state index contributed by atoms with van der Waals surface area (Å²) in [6.45, 7) is 0.120. The molecule has 0 aromatic heterocycles. The molecule has 1 N–H and O–H groups in total. The molecule has 5 heteroatoms. The minimum Gasteiger partial charge on any atom is -0.479 e. The van der Waals surface area contributed by atoms with Crippen LogP contribution in [0.3, 0.4) is 0 Å². The normalized spacial score (nSPS) is 14.4. The van der Waals surface area contributed by atoms with Gasteiger partial charge in [0, 0.05) is 6.20 Å². The van der Waals surface area contributed by atoms with Gasteiger partial charge in [-0.1, -0.05) is 0 Å². The van der Waals surface area contributed by atoms with E-state index < -0.39 is 6.09 Å². The van der Waals surface area contributed by atoms with Crippen molar-refractivity contribution in [1.82, 2.24) is 4.90 Å². The second-order valence-corrected chi connectivity index (χ2v) is 1.33. The maximum atomic E-state index is 10.00. The Hall–Kier alpha value is -0.900. The van der Waals surface area contributed by atoms with Crippen molar-refractivity contribution in [3.05, 3.63) is 12.5 Å². The highest BCUT2D eigenvalue weighted by atomic mass is 35.5. The summed E-state index contributed by atoms with van der Waals surface area (Å²) in [6, 6.07) is 0. The van der Waals surface area contributed by atoms with Gasteiger partial charge in [-0.2, -0.15) is 0 Å². The van der Waals surface area contributed by atoms with E-state index in [-0.39, 0.29) is 19.1 Å². The molecule has 1 rings (SSSR count). The zero-order chi connectivity index (χ0) is 5.98. The molecular formula is C4H6ClNO3. The standard InChI is InChI=1S/C4H5NO3.ClH/c6-4(7)5-1-2-8-3-5;/h1-2H,3H2,(H,6,7);1H. The third-order valence-electron chi connectivity index (χ3n) is 0.796. The number of carboxylic acid groups (broad SMARTS) is 1. The molecule has 0 saturated heterocycles. The third-order valence-corrected chi connectivity index (χ3v) is 0.796. The average molecular weight is 152 g/mol. The number of ether oxygens (including phenoxy) is 1. The van der Waals surface area contributed by atoms with E-state index in [4.69, 9.17) is 5.11 Å². The molecule has 1 aliphatic heterocycles. The van der Waals surface area contributed by atoms with E-state index in [1.165, 1.54) is 12.5 Å². The summed E-state index contributed by atoms with van der Waals surface area (Å²) in [5.41, 5.74) is 0. The van der Waals surface area contributed by atoms with E-state index in [0.717, 1.165) is 4.90 Å². The van der Waals surface area contributed by atoms with Crippen molar-refractivity contribution in [1.29, 1.82) is 0 Å². The van der Waals surface area contributed by atoms with Gasteiger partial charge in [0.2, 0.25) is 0 Å². The lowest BCUT2D eigenvalue weighted by Crippen LogP contribution is -2.21. The van der Waals surface area contributed by atoms with E-state index in [0.29, 0.717) is 0 Å². The molecule has 0 spiro atoms. The predicted octanol–water partition coefficient (Wildman–Crippen LogP) is 0.847. The molecule has 0 aliphatic carbocycles. The van der Waals surface area contributed by atoms with E-state index in [1.807, 2.05) is 0 Å². The van der Waals surface area contributed by atoms with Crippen LogP contribution < -0.4 is 0 Å². The van der Waals surface area contributed by atoms with Crippen molar-refractivity contribution >= 4 is 18.5 Å². The fourth-order valence-corrected chi connectivity index (χ4v) is 0.402. The van der Waals surface area contributed by atoms with Crippen LogP contribution in [-0.4, -0.2) is 22.8 Å². The summed E-state index contributed by atoms with van der Waals surface area (Å²) in [4.78, 5) is 11.0. The maximum Gasteiger partial charge on any atom is 0.414 e. The Labute approximate surface area is 58.1 Å². The summed E-state index contributed by atoms with van der Waals surface area (Å²) < 4.78 is 4.58. The molecule has 1 aliphatic rings. The second-order valence-electron chi connectivity index (χ2n) is 1.33. The van der Waals surface area contributed by atoms with Crippen molar-refractivity contribution in [2.45, 2.75) is 0 Å². The lowest BCUT2D eigenvalue weighted by atomic mass is 10.8. The number of hydrogen-bond donors (Lipinski definition) is 1. The van der Waals surface area contributed by atoms with Crippen LogP contribution in [-0.2, 0) is 4.74 Å². The first-order chi connectivity index (χ1) is 3.80. The number of carbonyl (C=O) groups is 1. The van der Waals surface area contributed by atoms with E-state index in [9.17, 15) is 4.79 Å². The average Bonchev–Trinajstić information content (AvgIpc) is 2.12. The Bertz CT molecular complexity index is 136. The molecule has 0 atom stereocenters. The largest absolute Gasteiger partial charge is 0.479 e. The highest BCUT2D eigenvalue weighted by Gasteiger charge is 2.10. The van der Waals surface area contributed by atoms with Crippen LogP contribution in [0.25, 0.3) is 0 Å². The van der Waals surface area contributed by atoms with Gasteiger partial charge >= 0.3 is 6.09 Å². The first-order valence-corrected chi connectivity index (χ1v) is 2.08. The van der Waals surface area contributed by atoms with Crippen molar-refractivity contribution in [2.75, 3.05) is 6.73 Å². The van der Waals surface area contributed by atoms with Gasteiger partial charge in [0.25, 0.3) is 0 Å². The minimum absolute atomic E-state index is 0. The number of hydrogen-bond acceptors (Lipinski definition) is 2. The lowest BCUT2D eigenvalue weighted by molar-refractivity contribution is 0.128. The first-order valence-electron chi connectivity index (χ1n) is 2.08. The number of nitrogens with zero attached hydrogens (tertiary/aromatic N) is 1. The molecule has 0 radical (unpaired) electrons. The quantitative estimate of drug-likeness (QED) is 0.558. The second kappa shape index (κ2) is 3.19. The predicted molar refractivity (Wildman–Crippen MR) is 32.2 cm³/mol. The zero-order valence-electron chi connectivity index (χ0n) is 4.48. The van der Waals surface area contributed by atoms with Gasteiger partial charge in [-0.05, 0) is 0 Å². The van der Waals surface area contributed by atoms with Gasteiger partial charge in [0.15, 0.2) is 6.73 Å². The summed E-state index contributed by atoms with van der Waals surface area (Å²) in [5.74, 6) is 0. The van der Waals surface area contributed by atoms with E-state index in [2.05, 4.69) is 4.74 Å². The van der Waals surface area contributed by atoms with Gasteiger partial charge in [-0.15, -0.1) is 12.4 Å². The van der Waals surface area contributed by atoms with Gasteiger partial charge in [-0.3, -0.25) is 0 Å². The summed E-state index contributed by atoms with van der Waals surface area (Å²) >= 11 is 0. The topological polar surface area (TPSA) is 49.8 Å². The smallest absolute Gasteiger partial charge is 0.414 e. The molecule has 1 heterocycles. The lowest BCUT2D eigenvalue weighted by Gasteiger charge is -2.03. The van der Waals surface area contributed by atoms with Crippen molar-refractivity contribution in [3.63, 3.8) is 0 Å². The van der Waals surface area contributed by atoms with Crippen LogP contribution in [0.4, 0.5) is 4.79 Å². The summed E-state index contributed by atoms with van der Waals surface area (Å²) in [7, 11) is 0. The van der Waals surface area contributed by atoms with Crippen LogP contribution in [0, 0.1) is 0 Å². The molecule has 52 valence electrons. The highest BCUT2D eigenvalue weighted by molar-refractivity contribution is 5.85. The van der Waals surface area contributed by atoms with E-state index >= 15 is 0 Å². The summed E-state index contributed by atoms with van der Waals surface area (Å²) in [6.07, 6.45) is 1.72. The molecule has 0 aromatic rings. The van der Waals surface area contributed by atoms with Crippen LogP contribution in [0.1, 0.15) is 0 Å². The number of amides is 1. The van der Waals surface area contributed by atoms with Gasteiger partial charge in [0.05, 0.1) is 0 Å². The highest BCUT2D eigenvalue weighted by Crippen LogP contribution is 1.99. The molecule has 1 amide bonds. The van der Waals surface area contributed by atoms with Crippen molar-refractivity contribution in [2.24, 2.45) is 0 Å². The Morgan fingerprint density at radius 3 is 2.67 bits per heavy atom. The Kier molecular flexibility index (Phi) is 2.87. The van der Waals surface area contributed by atoms with Crippen molar-refractivity contribution < 1.29 is 14.6 Å². The molecule has 0 unspecified atom stereocenters. The monoisotopic (exact) mass is 151 g/mol. The molecule has 4 nitrogen and oxygen atoms in total. The van der Waals surface area contributed by atoms with Crippen LogP contribution in [0.5, 0.6) is 0 Å². The van der Waals surface area contributed by atoms with Gasteiger partial charge in [-0.25, -0.2) is 9.69 Å². The Morgan fingerprint density at radius 1 is 1.78 bits per heavy atom. The van der Waals surface area contributed by atoms with Gasteiger partial charge < -0.3 is 9.84 Å².